The van der Waals surface area contributed by atoms with E-state index in [0.717, 1.165) is 9.88 Å². The molecule has 1 aliphatic carbocycles. The molecule has 70 valence electrons. The lowest BCUT2D eigenvalue weighted by Crippen LogP contribution is -2.08. The van der Waals surface area contributed by atoms with E-state index in [1.54, 1.807) is 0 Å². The number of nitrogens with zero attached hydrogens (tertiary/aromatic N) is 1. The Morgan fingerprint density at radius 1 is 1.62 bits per heavy atom. The smallest absolute Gasteiger partial charge is 0.355 e. The molecule has 0 bridgehead atoms. The number of carboxylic acid groups (broad SMARTS) is 1. The number of aryl methyl sites for hydroxylation is 1. The fourth-order valence-corrected chi connectivity index (χ4v) is 2.53. The Labute approximate surface area is 80.4 Å². The van der Waals surface area contributed by atoms with Gasteiger partial charge in [0.05, 0.1) is 5.01 Å². The van der Waals surface area contributed by atoms with Crippen LogP contribution in [0, 0.1) is 6.92 Å². The number of carbonyl (C=O) groups is 1. The molecule has 0 unspecified atom stereocenters. The highest BCUT2D eigenvalue weighted by atomic mass is 32.1. The second kappa shape index (κ2) is 3.10. The molecule has 1 fully saturated rings. The molecule has 3 nitrogen and oxygen atoms in total. The number of hydrogen-bond acceptors (Lipinski definition) is 3. The molecule has 0 aliphatic heterocycles. The molecule has 1 aliphatic rings. The SMILES string of the molecule is Cc1sc(C2CCC2)nc1C(=O)O. The van der Waals surface area contributed by atoms with E-state index in [0.29, 0.717) is 5.92 Å². The van der Waals surface area contributed by atoms with Gasteiger partial charge in [0.15, 0.2) is 5.69 Å². The molecule has 0 aromatic carbocycles. The van der Waals surface area contributed by atoms with Crippen molar-refractivity contribution < 1.29 is 9.90 Å². The molecule has 0 spiro atoms. The van der Waals surface area contributed by atoms with E-state index in [2.05, 4.69) is 4.98 Å². The van der Waals surface area contributed by atoms with E-state index < -0.39 is 5.97 Å². The predicted octanol–water partition coefficient (Wildman–Crippen LogP) is 2.42. The van der Waals surface area contributed by atoms with Crippen LogP contribution in [0.5, 0.6) is 0 Å². The molecule has 0 radical (unpaired) electrons. The third-order valence-corrected chi connectivity index (χ3v) is 3.60. The number of thiazole rings is 1. The standard InChI is InChI=1S/C9H11NO2S/c1-5-7(9(11)12)10-8(13-5)6-3-2-4-6/h6H,2-4H2,1H3,(H,11,12). The Morgan fingerprint density at radius 2 is 2.31 bits per heavy atom. The maximum Gasteiger partial charge on any atom is 0.355 e. The molecule has 0 amide bonds. The van der Waals surface area contributed by atoms with Crippen LogP contribution >= 0.6 is 11.3 Å². The van der Waals surface area contributed by atoms with E-state index in [-0.39, 0.29) is 5.69 Å². The average molecular weight is 197 g/mol. The van der Waals surface area contributed by atoms with Crippen molar-refractivity contribution in [3.8, 4) is 0 Å². The van der Waals surface area contributed by atoms with E-state index in [1.165, 1.54) is 30.6 Å². The number of aromatic carboxylic acids is 1. The highest BCUT2D eigenvalue weighted by Crippen LogP contribution is 2.38. The van der Waals surface area contributed by atoms with Gasteiger partial charge in [0.25, 0.3) is 0 Å². The van der Waals surface area contributed by atoms with Crippen LogP contribution in [0.4, 0.5) is 0 Å². The van der Waals surface area contributed by atoms with Crippen LogP contribution in [0.2, 0.25) is 0 Å². The first-order chi connectivity index (χ1) is 6.18. The molecule has 4 heteroatoms. The van der Waals surface area contributed by atoms with Crippen molar-refractivity contribution in [1.29, 1.82) is 0 Å². The molecule has 1 aromatic heterocycles. The minimum Gasteiger partial charge on any atom is -0.476 e. The summed E-state index contributed by atoms with van der Waals surface area (Å²) >= 11 is 1.53. The van der Waals surface area contributed by atoms with Gasteiger partial charge in [-0.25, -0.2) is 9.78 Å². The van der Waals surface area contributed by atoms with Gasteiger partial charge in [-0.2, -0.15) is 0 Å². The fraction of sp³-hybridized carbons (Fsp3) is 0.556. The molecule has 1 saturated carbocycles. The zero-order valence-corrected chi connectivity index (χ0v) is 8.23. The topological polar surface area (TPSA) is 50.2 Å². The summed E-state index contributed by atoms with van der Waals surface area (Å²) in [4.78, 5) is 15.7. The minimum absolute atomic E-state index is 0.243. The predicted molar refractivity (Wildman–Crippen MR) is 50.4 cm³/mol. The summed E-state index contributed by atoms with van der Waals surface area (Å²) in [5.74, 6) is -0.365. The largest absolute Gasteiger partial charge is 0.476 e. The van der Waals surface area contributed by atoms with Gasteiger partial charge in [0.2, 0.25) is 0 Å². The van der Waals surface area contributed by atoms with Crippen molar-refractivity contribution in [3.05, 3.63) is 15.6 Å². The van der Waals surface area contributed by atoms with Crippen LogP contribution in [-0.4, -0.2) is 16.1 Å². The summed E-state index contributed by atoms with van der Waals surface area (Å²) in [6, 6.07) is 0. The van der Waals surface area contributed by atoms with Crippen molar-refractivity contribution >= 4 is 17.3 Å². The second-order valence-corrected chi connectivity index (χ2v) is 4.62. The molecule has 0 atom stereocenters. The Morgan fingerprint density at radius 3 is 2.69 bits per heavy atom. The number of hydrogen-bond donors (Lipinski definition) is 1. The molecule has 2 rings (SSSR count). The maximum absolute atomic E-state index is 10.7. The summed E-state index contributed by atoms with van der Waals surface area (Å²) in [5, 5.41) is 9.81. The fourth-order valence-electron chi connectivity index (χ4n) is 1.45. The Hall–Kier alpha value is -0.900. The monoisotopic (exact) mass is 197 g/mol. The zero-order valence-electron chi connectivity index (χ0n) is 7.41. The lowest BCUT2D eigenvalue weighted by Gasteiger charge is -2.22. The van der Waals surface area contributed by atoms with Gasteiger partial charge in [-0.3, -0.25) is 0 Å². The van der Waals surface area contributed by atoms with Gasteiger partial charge in [-0.05, 0) is 19.8 Å². The zero-order chi connectivity index (χ0) is 9.42. The second-order valence-electron chi connectivity index (χ2n) is 3.39. The summed E-state index contributed by atoms with van der Waals surface area (Å²) < 4.78 is 0. The first kappa shape index (κ1) is 8.69. The van der Waals surface area contributed by atoms with Crippen molar-refractivity contribution in [1.82, 2.24) is 4.98 Å². The van der Waals surface area contributed by atoms with Crippen LogP contribution in [0.15, 0.2) is 0 Å². The molecular formula is C9H11NO2S. The van der Waals surface area contributed by atoms with Crippen molar-refractivity contribution in [2.24, 2.45) is 0 Å². The van der Waals surface area contributed by atoms with Gasteiger partial charge in [0, 0.05) is 10.8 Å². The van der Waals surface area contributed by atoms with Crippen LogP contribution in [0.1, 0.15) is 45.6 Å². The van der Waals surface area contributed by atoms with Gasteiger partial charge in [-0.15, -0.1) is 11.3 Å². The van der Waals surface area contributed by atoms with E-state index >= 15 is 0 Å². The Balaban J connectivity index is 2.28. The first-order valence-corrected chi connectivity index (χ1v) is 5.20. The van der Waals surface area contributed by atoms with E-state index in [9.17, 15) is 4.79 Å². The van der Waals surface area contributed by atoms with Crippen molar-refractivity contribution in [2.45, 2.75) is 32.1 Å². The molecular weight excluding hydrogens is 186 g/mol. The van der Waals surface area contributed by atoms with E-state index in [4.69, 9.17) is 5.11 Å². The Bertz CT molecular complexity index is 341. The first-order valence-electron chi connectivity index (χ1n) is 4.39. The maximum atomic E-state index is 10.7. The van der Waals surface area contributed by atoms with Crippen LogP contribution in [-0.2, 0) is 0 Å². The highest BCUT2D eigenvalue weighted by molar-refractivity contribution is 7.12. The van der Waals surface area contributed by atoms with Crippen LogP contribution in [0.25, 0.3) is 0 Å². The normalized spacial score (nSPS) is 17.0. The molecule has 13 heavy (non-hydrogen) atoms. The quantitative estimate of drug-likeness (QED) is 0.792. The molecule has 1 heterocycles. The highest BCUT2D eigenvalue weighted by Gasteiger charge is 2.25. The number of aromatic nitrogens is 1. The summed E-state index contributed by atoms with van der Waals surface area (Å²) in [6.07, 6.45) is 3.60. The van der Waals surface area contributed by atoms with Crippen molar-refractivity contribution in [2.75, 3.05) is 0 Å². The molecule has 1 N–H and O–H groups in total. The van der Waals surface area contributed by atoms with Crippen LogP contribution < -0.4 is 0 Å². The van der Waals surface area contributed by atoms with Crippen molar-refractivity contribution in [3.63, 3.8) is 0 Å². The third-order valence-electron chi connectivity index (χ3n) is 2.47. The van der Waals surface area contributed by atoms with Gasteiger partial charge >= 0.3 is 5.97 Å². The number of carboxylic acids is 1. The van der Waals surface area contributed by atoms with Gasteiger partial charge in [-0.1, -0.05) is 6.42 Å². The Kier molecular flexibility index (Phi) is 2.07. The van der Waals surface area contributed by atoms with Crippen LogP contribution in [0.3, 0.4) is 0 Å². The summed E-state index contributed by atoms with van der Waals surface area (Å²) in [6.45, 7) is 1.82. The third kappa shape index (κ3) is 1.46. The molecule has 0 saturated heterocycles. The molecule has 1 aromatic rings. The lowest BCUT2D eigenvalue weighted by molar-refractivity contribution is 0.0690. The summed E-state index contributed by atoms with van der Waals surface area (Å²) in [7, 11) is 0. The van der Waals surface area contributed by atoms with Gasteiger partial charge in [0.1, 0.15) is 0 Å². The van der Waals surface area contributed by atoms with E-state index in [1.807, 2.05) is 6.92 Å². The average Bonchev–Trinajstić information content (AvgIpc) is 2.27. The van der Waals surface area contributed by atoms with Gasteiger partial charge < -0.3 is 5.11 Å². The summed E-state index contributed by atoms with van der Waals surface area (Å²) in [5.41, 5.74) is 0.243. The lowest BCUT2D eigenvalue weighted by atomic mass is 9.86. The minimum atomic E-state index is -0.903. The number of rotatable bonds is 2.